The third kappa shape index (κ3) is 3.35. The number of aryl methyl sites for hydroxylation is 2. The third-order valence-corrected chi connectivity index (χ3v) is 4.11. The highest BCUT2D eigenvalue weighted by Gasteiger charge is 2.10. The molecule has 1 heterocycles. The van der Waals surface area contributed by atoms with Crippen LogP contribution in [0.4, 0.5) is 5.69 Å². The van der Waals surface area contributed by atoms with Gasteiger partial charge in [-0.15, -0.1) is 0 Å². The van der Waals surface area contributed by atoms with Crippen molar-refractivity contribution in [2.24, 2.45) is 4.99 Å². The van der Waals surface area contributed by atoms with Gasteiger partial charge in [0.2, 0.25) is 0 Å². The minimum atomic E-state index is -0.104. The van der Waals surface area contributed by atoms with E-state index in [1.165, 1.54) is 4.68 Å². The number of aromatic nitrogens is 2. The van der Waals surface area contributed by atoms with E-state index in [0.717, 1.165) is 27.1 Å². The fourth-order valence-corrected chi connectivity index (χ4v) is 2.52. The van der Waals surface area contributed by atoms with Crippen LogP contribution in [0, 0.1) is 13.8 Å². The molecule has 0 aliphatic carbocycles. The maximum Gasteiger partial charge on any atom is 0.280 e. The van der Waals surface area contributed by atoms with Crippen LogP contribution >= 0.6 is 15.9 Å². The van der Waals surface area contributed by atoms with Gasteiger partial charge in [0.1, 0.15) is 0 Å². The van der Waals surface area contributed by atoms with Gasteiger partial charge >= 0.3 is 0 Å². The highest BCUT2D eigenvalue weighted by molar-refractivity contribution is 9.10. The average Bonchev–Trinajstić information content (AvgIpc) is 2.82. The van der Waals surface area contributed by atoms with E-state index in [2.05, 4.69) is 26.0 Å². The zero-order valence-electron chi connectivity index (χ0n) is 12.9. The summed E-state index contributed by atoms with van der Waals surface area (Å²) in [5.41, 5.74) is 4.02. The second-order valence-electron chi connectivity index (χ2n) is 5.36. The zero-order valence-corrected chi connectivity index (χ0v) is 14.5. The Labute approximate surface area is 142 Å². The van der Waals surface area contributed by atoms with Crippen molar-refractivity contribution in [3.63, 3.8) is 0 Å². The molecule has 0 saturated heterocycles. The lowest BCUT2D eigenvalue weighted by molar-refractivity contribution is 0.835. The summed E-state index contributed by atoms with van der Waals surface area (Å²) in [6.07, 6.45) is 1.61. The highest BCUT2D eigenvalue weighted by Crippen LogP contribution is 2.16. The molecule has 2 aromatic carbocycles. The van der Waals surface area contributed by atoms with Gasteiger partial charge in [0, 0.05) is 16.4 Å². The van der Waals surface area contributed by atoms with Gasteiger partial charge in [0.05, 0.1) is 16.9 Å². The largest absolute Gasteiger partial charge is 0.295 e. The lowest BCUT2D eigenvalue weighted by Gasteiger charge is -2.01. The van der Waals surface area contributed by atoms with Crippen LogP contribution in [0.25, 0.3) is 5.69 Å². The number of aromatic amines is 1. The minimum Gasteiger partial charge on any atom is -0.295 e. The minimum absolute atomic E-state index is 0.104. The fraction of sp³-hybridized carbons (Fsp3) is 0.111. The Bertz CT molecular complexity index is 903. The Kier molecular flexibility index (Phi) is 4.30. The SMILES string of the molecule is Cc1ccc(-n2[nH]c(C)c(C=Nc3ccc(Br)cc3)c2=O)cc1. The number of nitrogens with one attached hydrogen (secondary N) is 1. The molecule has 0 atom stereocenters. The third-order valence-electron chi connectivity index (χ3n) is 3.58. The van der Waals surface area contributed by atoms with Crippen molar-refractivity contribution in [2.45, 2.75) is 13.8 Å². The summed E-state index contributed by atoms with van der Waals surface area (Å²) in [6, 6.07) is 15.4. The lowest BCUT2D eigenvalue weighted by Crippen LogP contribution is -2.17. The Balaban J connectivity index is 1.96. The first-order valence-corrected chi connectivity index (χ1v) is 8.02. The number of rotatable bonds is 3. The van der Waals surface area contributed by atoms with Crippen molar-refractivity contribution < 1.29 is 0 Å². The molecule has 0 aliphatic rings. The van der Waals surface area contributed by atoms with Crippen molar-refractivity contribution in [3.8, 4) is 5.69 Å². The maximum absolute atomic E-state index is 12.6. The second kappa shape index (κ2) is 6.38. The molecule has 0 saturated carbocycles. The Morgan fingerprint density at radius 1 is 1.04 bits per heavy atom. The van der Waals surface area contributed by atoms with E-state index in [9.17, 15) is 4.79 Å². The van der Waals surface area contributed by atoms with Crippen molar-refractivity contribution in [1.82, 2.24) is 9.78 Å². The molecule has 1 N–H and O–H groups in total. The van der Waals surface area contributed by atoms with E-state index in [0.29, 0.717) is 5.56 Å². The van der Waals surface area contributed by atoms with Crippen LogP contribution in [0.15, 0.2) is 62.8 Å². The van der Waals surface area contributed by atoms with Gasteiger partial charge in [0.15, 0.2) is 0 Å². The van der Waals surface area contributed by atoms with E-state index in [-0.39, 0.29) is 5.56 Å². The molecule has 1 aromatic heterocycles. The molecule has 0 spiro atoms. The number of hydrogen-bond donors (Lipinski definition) is 1. The van der Waals surface area contributed by atoms with Gasteiger partial charge in [-0.1, -0.05) is 33.6 Å². The van der Waals surface area contributed by atoms with Crippen molar-refractivity contribution in [2.75, 3.05) is 0 Å². The summed E-state index contributed by atoms with van der Waals surface area (Å²) in [5, 5.41) is 3.10. The van der Waals surface area contributed by atoms with Gasteiger partial charge in [-0.05, 0) is 50.2 Å². The Hall–Kier alpha value is -2.40. The Morgan fingerprint density at radius 2 is 1.70 bits per heavy atom. The van der Waals surface area contributed by atoms with Crippen LogP contribution < -0.4 is 5.56 Å². The molecule has 0 amide bonds. The fourth-order valence-electron chi connectivity index (χ4n) is 2.25. The van der Waals surface area contributed by atoms with Crippen molar-refractivity contribution in [3.05, 3.63) is 80.2 Å². The Morgan fingerprint density at radius 3 is 2.35 bits per heavy atom. The second-order valence-corrected chi connectivity index (χ2v) is 6.28. The molecule has 0 unspecified atom stereocenters. The molecule has 116 valence electrons. The van der Waals surface area contributed by atoms with Crippen LogP contribution in [0.5, 0.6) is 0 Å². The number of benzene rings is 2. The summed E-state index contributed by atoms with van der Waals surface area (Å²) >= 11 is 3.39. The van der Waals surface area contributed by atoms with Crippen LogP contribution in [-0.4, -0.2) is 16.0 Å². The van der Waals surface area contributed by atoms with E-state index < -0.39 is 0 Å². The number of hydrogen-bond acceptors (Lipinski definition) is 2. The molecular formula is C18H16BrN3O. The van der Waals surface area contributed by atoms with Gasteiger partial charge in [-0.25, -0.2) is 4.68 Å². The molecule has 5 heteroatoms. The maximum atomic E-state index is 12.6. The predicted octanol–water partition coefficient (Wildman–Crippen LogP) is 4.30. The molecule has 4 nitrogen and oxygen atoms in total. The first-order valence-electron chi connectivity index (χ1n) is 7.23. The summed E-state index contributed by atoms with van der Waals surface area (Å²) < 4.78 is 2.54. The summed E-state index contributed by atoms with van der Waals surface area (Å²) in [4.78, 5) is 17.0. The summed E-state index contributed by atoms with van der Waals surface area (Å²) in [5.74, 6) is 0. The molecule has 3 rings (SSSR count). The van der Waals surface area contributed by atoms with E-state index >= 15 is 0 Å². The quantitative estimate of drug-likeness (QED) is 0.687. The van der Waals surface area contributed by atoms with E-state index in [1.807, 2.05) is 62.4 Å². The molecule has 0 bridgehead atoms. The van der Waals surface area contributed by atoms with Gasteiger partial charge in [-0.3, -0.25) is 14.9 Å². The lowest BCUT2D eigenvalue weighted by atomic mass is 10.2. The number of nitrogens with zero attached hydrogens (tertiary/aromatic N) is 2. The van der Waals surface area contributed by atoms with E-state index in [4.69, 9.17) is 0 Å². The monoisotopic (exact) mass is 369 g/mol. The molecule has 0 fully saturated rings. The molecule has 0 aliphatic heterocycles. The van der Waals surface area contributed by atoms with E-state index in [1.54, 1.807) is 6.21 Å². The molecule has 23 heavy (non-hydrogen) atoms. The van der Waals surface area contributed by atoms with Gasteiger partial charge in [0.25, 0.3) is 5.56 Å². The van der Waals surface area contributed by atoms with Crippen molar-refractivity contribution in [1.29, 1.82) is 0 Å². The molecule has 3 aromatic rings. The smallest absolute Gasteiger partial charge is 0.280 e. The zero-order chi connectivity index (χ0) is 16.4. The highest BCUT2D eigenvalue weighted by atomic mass is 79.9. The standard InChI is InChI=1S/C18H16BrN3O/c1-12-3-9-16(10-4-12)22-18(23)17(13(2)21-22)11-20-15-7-5-14(19)6-8-15/h3-11,21H,1-2H3. The number of halogens is 1. The summed E-state index contributed by atoms with van der Waals surface area (Å²) in [6.45, 7) is 3.89. The van der Waals surface area contributed by atoms with Crippen LogP contribution in [0.3, 0.4) is 0 Å². The number of aliphatic imine (C=N–C) groups is 1. The van der Waals surface area contributed by atoms with Crippen LogP contribution in [0.2, 0.25) is 0 Å². The number of H-pyrrole nitrogens is 1. The van der Waals surface area contributed by atoms with Crippen LogP contribution in [0.1, 0.15) is 16.8 Å². The predicted molar refractivity (Wildman–Crippen MR) is 97.3 cm³/mol. The van der Waals surface area contributed by atoms with Crippen molar-refractivity contribution >= 4 is 27.8 Å². The first-order chi connectivity index (χ1) is 11.0. The first kappa shape index (κ1) is 15.5. The van der Waals surface area contributed by atoms with Gasteiger partial charge < -0.3 is 0 Å². The topological polar surface area (TPSA) is 50.1 Å². The average molecular weight is 370 g/mol. The molecular weight excluding hydrogens is 354 g/mol. The van der Waals surface area contributed by atoms with Crippen LogP contribution in [-0.2, 0) is 0 Å². The van der Waals surface area contributed by atoms with Gasteiger partial charge in [-0.2, -0.15) is 0 Å². The molecule has 0 radical (unpaired) electrons. The summed E-state index contributed by atoms with van der Waals surface area (Å²) in [7, 11) is 0. The normalized spacial score (nSPS) is 11.3.